The molecule has 0 aliphatic heterocycles. The van der Waals surface area contributed by atoms with E-state index >= 15 is 0 Å². The fourth-order valence-corrected chi connectivity index (χ4v) is 3.00. The van der Waals surface area contributed by atoms with Crippen molar-refractivity contribution in [3.63, 3.8) is 0 Å². The van der Waals surface area contributed by atoms with Gasteiger partial charge in [-0.2, -0.15) is 5.26 Å². The molecule has 0 spiro atoms. The predicted octanol–water partition coefficient (Wildman–Crippen LogP) is 3.57. The Kier molecular flexibility index (Phi) is 3.08. The first-order valence-corrected chi connectivity index (χ1v) is 6.91. The molecule has 3 unspecified atom stereocenters. The molecule has 100 valence electrons. The van der Waals surface area contributed by atoms with Crippen LogP contribution in [0.15, 0.2) is 54.6 Å². The molecule has 1 aliphatic rings. The van der Waals surface area contributed by atoms with Crippen LogP contribution in [-0.4, -0.2) is 5.11 Å². The number of hydrogen-bond donors (Lipinski definition) is 1. The Morgan fingerprint density at radius 1 is 1.15 bits per heavy atom. The topological polar surface area (TPSA) is 44.0 Å². The van der Waals surface area contributed by atoms with Crippen molar-refractivity contribution in [3.8, 4) is 6.07 Å². The van der Waals surface area contributed by atoms with Crippen LogP contribution in [0.2, 0.25) is 0 Å². The molecule has 1 aliphatic carbocycles. The molecule has 0 saturated heterocycles. The Balaban J connectivity index is 1.85. The molecule has 0 heterocycles. The maximum Gasteiger partial charge on any atom is 0.0991 e. The molecule has 2 heteroatoms. The van der Waals surface area contributed by atoms with E-state index in [0.717, 1.165) is 12.0 Å². The van der Waals surface area contributed by atoms with Gasteiger partial charge in [0.15, 0.2) is 0 Å². The molecule has 1 N–H and O–H groups in total. The second kappa shape index (κ2) is 4.77. The van der Waals surface area contributed by atoms with Gasteiger partial charge in [-0.3, -0.25) is 0 Å². The van der Waals surface area contributed by atoms with E-state index in [9.17, 15) is 5.11 Å². The van der Waals surface area contributed by atoms with Gasteiger partial charge in [-0.25, -0.2) is 0 Å². The SMILES string of the molecule is CC(O)(c1cccc(C#N)c1)C1CC1c1ccccc1. The molecular weight excluding hydrogens is 246 g/mol. The van der Waals surface area contributed by atoms with E-state index in [0.29, 0.717) is 11.5 Å². The third-order valence-electron chi connectivity index (χ3n) is 4.32. The summed E-state index contributed by atoms with van der Waals surface area (Å²) in [6.07, 6.45) is 0.994. The lowest BCUT2D eigenvalue weighted by Crippen LogP contribution is -2.24. The highest BCUT2D eigenvalue weighted by molar-refractivity contribution is 5.38. The number of benzene rings is 2. The molecule has 2 aromatic carbocycles. The first-order valence-electron chi connectivity index (χ1n) is 6.91. The summed E-state index contributed by atoms with van der Waals surface area (Å²) in [4.78, 5) is 0. The first-order chi connectivity index (χ1) is 9.63. The lowest BCUT2D eigenvalue weighted by molar-refractivity contribution is 0.0309. The summed E-state index contributed by atoms with van der Waals surface area (Å²) in [6.45, 7) is 1.86. The van der Waals surface area contributed by atoms with Crippen molar-refractivity contribution in [2.75, 3.05) is 0 Å². The summed E-state index contributed by atoms with van der Waals surface area (Å²) in [5.41, 5.74) is 1.83. The minimum Gasteiger partial charge on any atom is -0.385 e. The fraction of sp³-hybridized carbons (Fsp3) is 0.278. The summed E-state index contributed by atoms with van der Waals surface area (Å²) in [7, 11) is 0. The molecule has 2 aromatic rings. The maximum absolute atomic E-state index is 10.9. The van der Waals surface area contributed by atoms with Gasteiger partial charge < -0.3 is 5.11 Å². The highest BCUT2D eigenvalue weighted by atomic mass is 16.3. The predicted molar refractivity (Wildman–Crippen MR) is 78.0 cm³/mol. The van der Waals surface area contributed by atoms with Gasteiger partial charge in [-0.15, -0.1) is 0 Å². The largest absolute Gasteiger partial charge is 0.385 e. The van der Waals surface area contributed by atoms with Gasteiger partial charge in [0.05, 0.1) is 17.2 Å². The van der Waals surface area contributed by atoms with Crippen LogP contribution in [0.4, 0.5) is 0 Å². The van der Waals surface area contributed by atoms with Crippen LogP contribution in [0.1, 0.15) is 36.0 Å². The van der Waals surface area contributed by atoms with Crippen LogP contribution in [0.25, 0.3) is 0 Å². The zero-order valence-corrected chi connectivity index (χ0v) is 11.5. The van der Waals surface area contributed by atoms with Crippen LogP contribution >= 0.6 is 0 Å². The quantitative estimate of drug-likeness (QED) is 0.920. The molecule has 2 nitrogen and oxygen atoms in total. The van der Waals surface area contributed by atoms with Crippen molar-refractivity contribution in [2.24, 2.45) is 5.92 Å². The van der Waals surface area contributed by atoms with Crippen LogP contribution < -0.4 is 0 Å². The van der Waals surface area contributed by atoms with E-state index in [-0.39, 0.29) is 5.92 Å². The van der Waals surface area contributed by atoms with Crippen molar-refractivity contribution in [2.45, 2.75) is 24.9 Å². The lowest BCUT2D eigenvalue weighted by atomic mass is 9.88. The minimum absolute atomic E-state index is 0.221. The Hall–Kier alpha value is -2.11. The molecule has 1 fully saturated rings. The van der Waals surface area contributed by atoms with Crippen molar-refractivity contribution < 1.29 is 5.11 Å². The van der Waals surface area contributed by atoms with Gasteiger partial charge in [0, 0.05) is 0 Å². The molecule has 0 aromatic heterocycles. The molecule has 3 atom stereocenters. The second-order valence-corrected chi connectivity index (χ2v) is 5.70. The Morgan fingerprint density at radius 3 is 2.60 bits per heavy atom. The van der Waals surface area contributed by atoms with Crippen molar-refractivity contribution in [1.82, 2.24) is 0 Å². The van der Waals surface area contributed by atoms with Crippen LogP contribution in [0, 0.1) is 17.2 Å². The number of rotatable bonds is 3. The maximum atomic E-state index is 10.9. The Bertz CT molecular complexity index is 655. The van der Waals surface area contributed by atoms with Crippen LogP contribution in [0.3, 0.4) is 0 Å². The third kappa shape index (κ3) is 2.21. The molecule has 0 radical (unpaired) electrons. The molecule has 20 heavy (non-hydrogen) atoms. The summed E-state index contributed by atoms with van der Waals surface area (Å²) in [5, 5.41) is 19.8. The molecule has 1 saturated carbocycles. The van der Waals surface area contributed by atoms with E-state index < -0.39 is 5.60 Å². The molecule has 0 bridgehead atoms. The van der Waals surface area contributed by atoms with Crippen LogP contribution in [0.5, 0.6) is 0 Å². The van der Waals surface area contributed by atoms with Gasteiger partial charge in [0.2, 0.25) is 0 Å². The summed E-state index contributed by atoms with van der Waals surface area (Å²) in [6, 6.07) is 19.7. The highest BCUT2D eigenvalue weighted by Gasteiger charge is 2.50. The number of aliphatic hydroxyl groups is 1. The van der Waals surface area contributed by atoms with E-state index in [1.54, 1.807) is 12.1 Å². The Morgan fingerprint density at radius 2 is 1.90 bits per heavy atom. The monoisotopic (exact) mass is 263 g/mol. The standard InChI is InChI=1S/C18H17NO/c1-18(20,15-9-5-6-13(10-15)12-19)17-11-16(17)14-7-3-2-4-8-14/h2-10,16-17,20H,11H2,1H3. The van der Waals surface area contributed by atoms with E-state index in [4.69, 9.17) is 5.26 Å². The minimum atomic E-state index is -0.882. The van der Waals surface area contributed by atoms with E-state index in [1.165, 1.54) is 5.56 Å². The lowest BCUT2D eigenvalue weighted by Gasteiger charge is -2.24. The van der Waals surface area contributed by atoms with Crippen molar-refractivity contribution in [1.29, 1.82) is 5.26 Å². The summed E-state index contributed by atoms with van der Waals surface area (Å²) < 4.78 is 0. The third-order valence-corrected chi connectivity index (χ3v) is 4.32. The van der Waals surface area contributed by atoms with Gasteiger partial charge in [0.25, 0.3) is 0 Å². The smallest absolute Gasteiger partial charge is 0.0991 e. The van der Waals surface area contributed by atoms with Crippen molar-refractivity contribution in [3.05, 3.63) is 71.3 Å². The van der Waals surface area contributed by atoms with Gasteiger partial charge >= 0.3 is 0 Å². The van der Waals surface area contributed by atoms with Crippen LogP contribution in [-0.2, 0) is 5.60 Å². The second-order valence-electron chi connectivity index (χ2n) is 5.70. The summed E-state index contributed by atoms with van der Waals surface area (Å²) in [5.74, 6) is 0.635. The molecule has 3 rings (SSSR count). The highest BCUT2D eigenvalue weighted by Crippen LogP contribution is 2.56. The number of hydrogen-bond acceptors (Lipinski definition) is 2. The van der Waals surface area contributed by atoms with Gasteiger partial charge in [0.1, 0.15) is 0 Å². The Labute approximate surface area is 119 Å². The van der Waals surface area contributed by atoms with E-state index in [2.05, 4.69) is 18.2 Å². The van der Waals surface area contributed by atoms with Gasteiger partial charge in [-0.05, 0) is 48.4 Å². The molecular formula is C18H17NO. The first kappa shape index (κ1) is 12.9. The number of nitrogens with zero attached hydrogens (tertiary/aromatic N) is 1. The summed E-state index contributed by atoms with van der Waals surface area (Å²) >= 11 is 0. The number of nitriles is 1. The normalized spacial score (nSPS) is 23.6. The average Bonchev–Trinajstić information content (AvgIpc) is 3.29. The fourth-order valence-electron chi connectivity index (χ4n) is 3.00. The zero-order valence-electron chi connectivity index (χ0n) is 11.5. The van der Waals surface area contributed by atoms with Crippen molar-refractivity contribution >= 4 is 0 Å². The molecule has 0 amide bonds. The zero-order chi connectivity index (χ0) is 14.2. The average molecular weight is 263 g/mol. The van der Waals surface area contributed by atoms with E-state index in [1.807, 2.05) is 37.3 Å². The van der Waals surface area contributed by atoms with Gasteiger partial charge in [-0.1, -0.05) is 42.5 Å².